The Hall–Kier alpha value is -0.0300. The van der Waals surface area contributed by atoms with E-state index in [9.17, 15) is 4.79 Å². The van der Waals surface area contributed by atoms with Gasteiger partial charge in [-0.3, -0.25) is 4.79 Å². The van der Waals surface area contributed by atoms with Crippen molar-refractivity contribution in [1.82, 2.24) is 9.80 Å². The number of nitrogens with two attached hydrogens (primary N) is 1. The molecule has 1 amide bonds. The highest BCUT2D eigenvalue weighted by molar-refractivity contribution is 5.86. The molecule has 0 saturated carbocycles. The van der Waals surface area contributed by atoms with E-state index in [1.54, 1.807) is 13.8 Å². The van der Waals surface area contributed by atoms with Crippen LogP contribution >= 0.6 is 24.8 Å². The van der Waals surface area contributed by atoms with E-state index in [-0.39, 0.29) is 30.7 Å². The summed E-state index contributed by atoms with van der Waals surface area (Å²) in [6.45, 7) is 6.40. The second-order valence-corrected chi connectivity index (χ2v) is 5.72. The Morgan fingerprint density at radius 2 is 1.72 bits per heavy atom. The molecule has 0 radical (unpaired) electrons. The molecule has 6 heteroatoms. The van der Waals surface area contributed by atoms with E-state index in [0.717, 1.165) is 38.4 Å². The van der Waals surface area contributed by atoms with Crippen LogP contribution < -0.4 is 5.73 Å². The molecule has 0 aromatic carbocycles. The maximum atomic E-state index is 11.9. The molecule has 1 saturated heterocycles. The molecule has 0 unspecified atom stereocenters. The quantitative estimate of drug-likeness (QED) is 0.856. The fourth-order valence-electron chi connectivity index (χ4n) is 2.24. The van der Waals surface area contributed by atoms with Gasteiger partial charge in [-0.2, -0.15) is 0 Å². The molecular formula is C12H27Cl2N3O. The molecule has 1 aliphatic heterocycles. The molecule has 4 nitrogen and oxygen atoms in total. The summed E-state index contributed by atoms with van der Waals surface area (Å²) < 4.78 is 0. The Morgan fingerprint density at radius 3 is 2.06 bits per heavy atom. The summed E-state index contributed by atoms with van der Waals surface area (Å²) in [6, 6.07) is 0. The van der Waals surface area contributed by atoms with Gasteiger partial charge < -0.3 is 15.5 Å². The third-order valence-corrected chi connectivity index (χ3v) is 3.08. The van der Waals surface area contributed by atoms with Gasteiger partial charge in [0.05, 0.1) is 5.54 Å². The van der Waals surface area contributed by atoms with E-state index < -0.39 is 5.54 Å². The van der Waals surface area contributed by atoms with E-state index in [2.05, 4.69) is 19.0 Å². The Bertz CT molecular complexity index is 246. The second-order valence-electron chi connectivity index (χ2n) is 5.72. The minimum absolute atomic E-state index is 0. The predicted octanol–water partition coefficient (Wildman–Crippen LogP) is 1.37. The predicted molar refractivity (Wildman–Crippen MR) is 80.6 cm³/mol. The highest BCUT2D eigenvalue weighted by Gasteiger charge is 2.30. The van der Waals surface area contributed by atoms with Gasteiger partial charge in [0, 0.05) is 19.6 Å². The van der Waals surface area contributed by atoms with Crippen LogP contribution in [0.4, 0.5) is 0 Å². The fraction of sp³-hybridized carbons (Fsp3) is 0.917. The van der Waals surface area contributed by atoms with Crippen molar-refractivity contribution in [3.8, 4) is 0 Å². The van der Waals surface area contributed by atoms with E-state index in [0.29, 0.717) is 0 Å². The molecule has 1 aliphatic rings. The van der Waals surface area contributed by atoms with Crippen molar-refractivity contribution in [3.63, 3.8) is 0 Å². The van der Waals surface area contributed by atoms with Crippen molar-refractivity contribution in [2.24, 2.45) is 11.7 Å². The number of nitrogens with zero attached hydrogens (tertiary/aromatic N) is 2. The zero-order valence-electron chi connectivity index (χ0n) is 11.8. The fourth-order valence-corrected chi connectivity index (χ4v) is 2.24. The van der Waals surface area contributed by atoms with E-state index >= 15 is 0 Å². The van der Waals surface area contributed by atoms with Crippen molar-refractivity contribution in [1.29, 1.82) is 0 Å². The number of rotatable bonds is 3. The van der Waals surface area contributed by atoms with Gasteiger partial charge in [0.15, 0.2) is 0 Å². The lowest BCUT2D eigenvalue weighted by molar-refractivity contribution is -0.137. The van der Waals surface area contributed by atoms with Crippen LogP contribution in [-0.4, -0.2) is 55.0 Å². The van der Waals surface area contributed by atoms with E-state index in [1.807, 2.05) is 4.90 Å². The average molecular weight is 300 g/mol. The second kappa shape index (κ2) is 8.20. The first-order valence-corrected chi connectivity index (χ1v) is 6.03. The van der Waals surface area contributed by atoms with Crippen LogP contribution in [-0.2, 0) is 4.79 Å². The Morgan fingerprint density at radius 1 is 1.28 bits per heavy atom. The van der Waals surface area contributed by atoms with Crippen LogP contribution in [0.3, 0.4) is 0 Å². The van der Waals surface area contributed by atoms with Crippen LogP contribution in [0.5, 0.6) is 0 Å². The summed E-state index contributed by atoms with van der Waals surface area (Å²) in [6.07, 6.45) is 2.19. The summed E-state index contributed by atoms with van der Waals surface area (Å²) in [5.41, 5.74) is 5.10. The number of carbonyl (C=O) groups is 1. The molecule has 2 N–H and O–H groups in total. The number of hydrogen-bond donors (Lipinski definition) is 1. The third-order valence-electron chi connectivity index (χ3n) is 3.08. The van der Waals surface area contributed by atoms with Crippen molar-refractivity contribution >= 4 is 30.7 Å². The Balaban J connectivity index is 0. The van der Waals surface area contributed by atoms with Gasteiger partial charge in [-0.05, 0) is 46.7 Å². The average Bonchev–Trinajstić information content (AvgIpc) is 2.15. The third kappa shape index (κ3) is 6.23. The number of piperidine rings is 1. The standard InChI is InChI=1S/C12H25N3O.2ClH/c1-12(2,13)11(16)15-7-5-10(6-8-15)9-14(3)4;;/h10H,5-9,13H2,1-4H3;2*1H. The molecule has 0 spiro atoms. The maximum absolute atomic E-state index is 11.9. The van der Waals surface area contributed by atoms with Gasteiger partial charge in [-0.25, -0.2) is 0 Å². The highest BCUT2D eigenvalue weighted by Crippen LogP contribution is 2.19. The van der Waals surface area contributed by atoms with Crippen LogP contribution in [0.15, 0.2) is 0 Å². The van der Waals surface area contributed by atoms with Crippen molar-refractivity contribution < 1.29 is 4.79 Å². The summed E-state index contributed by atoms with van der Waals surface area (Å²) in [7, 11) is 4.20. The first-order valence-electron chi connectivity index (χ1n) is 6.03. The summed E-state index contributed by atoms with van der Waals surface area (Å²) in [5, 5.41) is 0. The first-order chi connectivity index (χ1) is 7.30. The van der Waals surface area contributed by atoms with Crippen molar-refractivity contribution in [3.05, 3.63) is 0 Å². The molecule has 1 heterocycles. The SMILES string of the molecule is CN(C)CC1CCN(C(=O)C(C)(C)N)CC1.Cl.Cl. The topological polar surface area (TPSA) is 49.6 Å². The largest absolute Gasteiger partial charge is 0.341 e. The monoisotopic (exact) mass is 299 g/mol. The molecule has 0 aliphatic carbocycles. The molecule has 0 atom stereocenters. The lowest BCUT2D eigenvalue weighted by atomic mass is 9.94. The lowest BCUT2D eigenvalue weighted by Crippen LogP contribution is -2.53. The van der Waals surface area contributed by atoms with E-state index in [1.165, 1.54) is 0 Å². The molecule has 1 rings (SSSR count). The maximum Gasteiger partial charge on any atom is 0.242 e. The van der Waals surface area contributed by atoms with Gasteiger partial charge in [-0.15, -0.1) is 24.8 Å². The molecular weight excluding hydrogens is 273 g/mol. The van der Waals surface area contributed by atoms with Gasteiger partial charge in [0.1, 0.15) is 0 Å². The molecule has 0 aromatic heterocycles. The zero-order valence-corrected chi connectivity index (χ0v) is 13.4. The van der Waals surface area contributed by atoms with Gasteiger partial charge in [0.25, 0.3) is 0 Å². The lowest BCUT2D eigenvalue weighted by Gasteiger charge is -2.36. The first kappa shape index (κ1) is 20.3. The van der Waals surface area contributed by atoms with Crippen LogP contribution in [0, 0.1) is 5.92 Å². The molecule has 0 aromatic rings. The number of likely N-dealkylation sites (tertiary alicyclic amines) is 1. The summed E-state index contributed by atoms with van der Waals surface area (Å²) in [4.78, 5) is 16.1. The van der Waals surface area contributed by atoms with Gasteiger partial charge in [0.2, 0.25) is 5.91 Å². The summed E-state index contributed by atoms with van der Waals surface area (Å²) >= 11 is 0. The van der Waals surface area contributed by atoms with Crippen LogP contribution in [0.25, 0.3) is 0 Å². The minimum atomic E-state index is -0.728. The molecule has 1 fully saturated rings. The van der Waals surface area contributed by atoms with E-state index in [4.69, 9.17) is 5.73 Å². The minimum Gasteiger partial charge on any atom is -0.341 e. The van der Waals surface area contributed by atoms with Gasteiger partial charge in [-0.1, -0.05) is 0 Å². The van der Waals surface area contributed by atoms with Gasteiger partial charge >= 0.3 is 0 Å². The summed E-state index contributed by atoms with van der Waals surface area (Å²) in [5.74, 6) is 0.802. The number of hydrogen-bond acceptors (Lipinski definition) is 3. The smallest absolute Gasteiger partial charge is 0.242 e. The molecule has 0 bridgehead atoms. The molecule has 110 valence electrons. The Labute approximate surface area is 123 Å². The zero-order chi connectivity index (χ0) is 12.3. The van der Waals surface area contributed by atoms with Crippen molar-refractivity contribution in [2.45, 2.75) is 32.2 Å². The Kier molecular flexibility index (Phi) is 9.25. The highest BCUT2D eigenvalue weighted by atomic mass is 35.5. The number of amides is 1. The number of carbonyl (C=O) groups excluding carboxylic acids is 1. The number of halogens is 2. The van der Waals surface area contributed by atoms with Crippen molar-refractivity contribution in [2.75, 3.05) is 33.7 Å². The normalized spacial score (nSPS) is 17.1. The van der Waals surface area contributed by atoms with Crippen LogP contribution in [0.1, 0.15) is 26.7 Å². The van der Waals surface area contributed by atoms with Crippen LogP contribution in [0.2, 0.25) is 0 Å². The molecule has 18 heavy (non-hydrogen) atoms.